The molecule has 126 valence electrons. The van der Waals surface area contributed by atoms with Crippen molar-refractivity contribution in [3.8, 4) is 0 Å². The molecule has 0 aliphatic carbocycles. The first-order chi connectivity index (χ1) is 9.88. The lowest BCUT2D eigenvalue weighted by Crippen LogP contribution is -2.45. The molecule has 0 aliphatic rings. The summed E-state index contributed by atoms with van der Waals surface area (Å²) in [7, 11) is -8.08. The van der Waals surface area contributed by atoms with E-state index in [4.69, 9.17) is 0 Å². The van der Waals surface area contributed by atoms with Crippen molar-refractivity contribution in [2.45, 2.75) is 41.9 Å². The third kappa shape index (κ3) is 4.92. The van der Waals surface area contributed by atoms with Gasteiger partial charge in [-0.25, -0.2) is 21.8 Å². The molecule has 0 radical (unpaired) electrons. The highest BCUT2D eigenvalue weighted by molar-refractivity contribution is 7.90. The largest absolute Gasteiger partial charge is 0.404 e. The van der Waals surface area contributed by atoms with Crippen molar-refractivity contribution in [3.05, 3.63) is 18.3 Å². The highest BCUT2D eigenvalue weighted by Crippen LogP contribution is 2.25. The summed E-state index contributed by atoms with van der Waals surface area (Å²) in [5.74, 6) is 0. The number of sulfonamides is 1. The molecule has 0 aromatic carbocycles. The highest BCUT2D eigenvalue weighted by atomic mass is 32.2. The van der Waals surface area contributed by atoms with Gasteiger partial charge in [-0.05, 0) is 18.6 Å². The topological polar surface area (TPSA) is 93.2 Å². The molecule has 1 rings (SSSR count). The third-order valence-corrected chi connectivity index (χ3v) is 5.13. The molecular formula is C11H15F3N2O4S2. The van der Waals surface area contributed by atoms with Crippen LogP contribution >= 0.6 is 0 Å². The minimum absolute atomic E-state index is 0.137. The lowest BCUT2D eigenvalue weighted by Gasteiger charge is -2.20. The van der Waals surface area contributed by atoms with Gasteiger partial charge >= 0.3 is 6.18 Å². The van der Waals surface area contributed by atoms with Crippen LogP contribution in [0.1, 0.15) is 19.8 Å². The second-order valence-corrected chi connectivity index (χ2v) is 8.29. The van der Waals surface area contributed by atoms with Crippen LogP contribution in [0.4, 0.5) is 13.2 Å². The van der Waals surface area contributed by atoms with Gasteiger partial charge < -0.3 is 0 Å². The van der Waals surface area contributed by atoms with E-state index in [1.165, 1.54) is 6.92 Å². The standard InChI is InChI=1S/C11H15F3N2O4S2/c1-3-4-9(11(12,13)14)16-22(19,20)8-5-6-10(15-7-8)21(2,17)18/h5-7,9,16H,3-4H2,1-2H3/t9-/m1/s1. The Kier molecular flexibility index (Phi) is 5.57. The molecular weight excluding hydrogens is 345 g/mol. The van der Waals surface area contributed by atoms with Gasteiger partial charge in [-0.15, -0.1) is 0 Å². The second-order valence-electron chi connectivity index (χ2n) is 4.61. The molecule has 0 aliphatic heterocycles. The van der Waals surface area contributed by atoms with Crippen molar-refractivity contribution in [2.24, 2.45) is 0 Å². The number of sulfone groups is 1. The van der Waals surface area contributed by atoms with Crippen molar-refractivity contribution in [3.63, 3.8) is 0 Å². The van der Waals surface area contributed by atoms with E-state index in [0.717, 1.165) is 18.4 Å². The van der Waals surface area contributed by atoms with Crippen molar-refractivity contribution >= 4 is 19.9 Å². The number of aromatic nitrogens is 1. The molecule has 22 heavy (non-hydrogen) atoms. The monoisotopic (exact) mass is 360 g/mol. The Morgan fingerprint density at radius 2 is 1.82 bits per heavy atom. The van der Waals surface area contributed by atoms with Crippen molar-refractivity contribution in [1.82, 2.24) is 9.71 Å². The smallest absolute Gasteiger partial charge is 0.243 e. The zero-order valence-corrected chi connectivity index (χ0v) is 13.4. The average molecular weight is 360 g/mol. The van der Waals surface area contributed by atoms with Crippen LogP contribution in [0.3, 0.4) is 0 Å². The molecule has 0 unspecified atom stereocenters. The summed E-state index contributed by atoms with van der Waals surface area (Å²) in [6, 6.07) is -0.394. The second kappa shape index (κ2) is 6.50. The summed E-state index contributed by atoms with van der Waals surface area (Å²) < 4.78 is 86.1. The van der Waals surface area contributed by atoms with E-state index in [2.05, 4.69) is 4.98 Å². The molecule has 1 atom stereocenters. The van der Waals surface area contributed by atoms with E-state index in [-0.39, 0.29) is 11.4 Å². The Morgan fingerprint density at radius 1 is 1.23 bits per heavy atom. The van der Waals surface area contributed by atoms with E-state index >= 15 is 0 Å². The fourth-order valence-electron chi connectivity index (χ4n) is 1.58. The third-order valence-electron chi connectivity index (χ3n) is 2.67. The zero-order valence-electron chi connectivity index (χ0n) is 11.8. The minimum atomic E-state index is -4.72. The minimum Gasteiger partial charge on any atom is -0.243 e. The Labute approximate surface area is 126 Å². The summed E-state index contributed by atoms with van der Waals surface area (Å²) in [5, 5.41) is -0.368. The number of alkyl halides is 3. The molecule has 1 heterocycles. The summed E-state index contributed by atoms with van der Waals surface area (Å²) in [5.41, 5.74) is 0. The van der Waals surface area contributed by atoms with Crippen LogP contribution in [-0.4, -0.2) is 40.3 Å². The number of halogens is 3. The molecule has 0 bridgehead atoms. The molecule has 1 aromatic rings. The van der Waals surface area contributed by atoms with Crippen LogP contribution < -0.4 is 4.72 Å². The Balaban J connectivity index is 3.08. The quantitative estimate of drug-likeness (QED) is 0.830. The van der Waals surface area contributed by atoms with Gasteiger partial charge in [-0.1, -0.05) is 13.3 Å². The molecule has 1 N–H and O–H groups in total. The maximum atomic E-state index is 12.8. The van der Waals surface area contributed by atoms with Gasteiger partial charge in [0, 0.05) is 12.5 Å². The number of hydrogen-bond acceptors (Lipinski definition) is 5. The molecule has 11 heteroatoms. The fourth-order valence-corrected chi connectivity index (χ4v) is 3.34. The molecule has 1 aromatic heterocycles. The summed E-state index contributed by atoms with van der Waals surface area (Å²) in [6.45, 7) is 1.50. The summed E-state index contributed by atoms with van der Waals surface area (Å²) >= 11 is 0. The summed E-state index contributed by atoms with van der Waals surface area (Å²) in [6.07, 6.45) is -3.40. The molecule has 6 nitrogen and oxygen atoms in total. The molecule has 0 fully saturated rings. The highest BCUT2D eigenvalue weighted by Gasteiger charge is 2.41. The number of nitrogens with one attached hydrogen (secondary N) is 1. The normalized spacial score (nSPS) is 14.8. The van der Waals surface area contributed by atoms with Gasteiger partial charge in [0.15, 0.2) is 14.9 Å². The fraction of sp³-hybridized carbons (Fsp3) is 0.545. The van der Waals surface area contributed by atoms with Gasteiger partial charge in [0.25, 0.3) is 0 Å². The number of hydrogen-bond donors (Lipinski definition) is 1. The van der Waals surface area contributed by atoms with Gasteiger partial charge in [0.1, 0.15) is 10.9 Å². The number of rotatable bonds is 6. The Morgan fingerprint density at radius 3 is 2.18 bits per heavy atom. The number of pyridine rings is 1. The van der Waals surface area contributed by atoms with Crippen LogP contribution in [0.15, 0.2) is 28.3 Å². The van der Waals surface area contributed by atoms with Crippen LogP contribution in [0.25, 0.3) is 0 Å². The predicted octanol–water partition coefficient (Wildman–Crippen LogP) is 1.49. The molecule has 0 saturated carbocycles. The van der Waals surface area contributed by atoms with Gasteiger partial charge in [-0.2, -0.15) is 17.9 Å². The first kappa shape index (κ1) is 18.8. The van der Waals surface area contributed by atoms with E-state index in [1.54, 1.807) is 4.72 Å². The average Bonchev–Trinajstić information content (AvgIpc) is 2.36. The van der Waals surface area contributed by atoms with Gasteiger partial charge in [0.2, 0.25) is 10.0 Å². The predicted molar refractivity (Wildman–Crippen MR) is 72.4 cm³/mol. The first-order valence-electron chi connectivity index (χ1n) is 6.13. The van der Waals surface area contributed by atoms with E-state index in [1.807, 2.05) is 0 Å². The maximum absolute atomic E-state index is 12.8. The first-order valence-corrected chi connectivity index (χ1v) is 9.50. The lowest BCUT2D eigenvalue weighted by atomic mass is 10.2. The Bertz CT molecular complexity index is 713. The molecule has 0 saturated heterocycles. The Hall–Kier alpha value is -1.20. The zero-order chi connectivity index (χ0) is 17.2. The summed E-state index contributed by atoms with van der Waals surface area (Å²) in [4.78, 5) is 2.91. The van der Waals surface area contributed by atoms with Gasteiger partial charge in [0.05, 0.1) is 0 Å². The number of nitrogens with zero attached hydrogens (tertiary/aromatic N) is 1. The SMILES string of the molecule is CCC[C@@H](NS(=O)(=O)c1ccc(S(C)(=O)=O)nc1)C(F)(F)F. The van der Waals surface area contributed by atoms with E-state index in [0.29, 0.717) is 6.20 Å². The lowest BCUT2D eigenvalue weighted by molar-refractivity contribution is -0.152. The van der Waals surface area contributed by atoms with Gasteiger partial charge in [-0.3, -0.25) is 0 Å². The molecule has 0 spiro atoms. The van der Waals surface area contributed by atoms with Crippen molar-refractivity contribution < 1.29 is 30.0 Å². The molecule has 0 amide bonds. The van der Waals surface area contributed by atoms with Crippen molar-refractivity contribution in [2.75, 3.05) is 6.26 Å². The van der Waals surface area contributed by atoms with E-state index < -0.39 is 43.4 Å². The van der Waals surface area contributed by atoms with Crippen LogP contribution in [0.2, 0.25) is 0 Å². The van der Waals surface area contributed by atoms with E-state index in [9.17, 15) is 30.0 Å². The van der Waals surface area contributed by atoms with Crippen molar-refractivity contribution in [1.29, 1.82) is 0 Å². The van der Waals surface area contributed by atoms with Crippen LogP contribution in [0, 0.1) is 0 Å². The van der Waals surface area contributed by atoms with Crippen LogP contribution in [0.5, 0.6) is 0 Å². The maximum Gasteiger partial charge on any atom is 0.404 e. The van der Waals surface area contributed by atoms with Crippen LogP contribution in [-0.2, 0) is 19.9 Å².